The molecule has 0 bridgehead atoms. The lowest BCUT2D eigenvalue weighted by Crippen LogP contribution is -2.43. The number of carbonyl (C=O) groups is 2. The number of aliphatic carboxylic acids is 1. The fraction of sp³-hybridized carbons (Fsp3) is 0.684. The van der Waals surface area contributed by atoms with Crippen LogP contribution in [0.15, 0.2) is 15.8 Å². The summed E-state index contributed by atoms with van der Waals surface area (Å²) in [5, 5.41) is 30.2. The molecule has 1 fully saturated rings. The van der Waals surface area contributed by atoms with E-state index in [-0.39, 0.29) is 37.5 Å². The molecule has 1 aliphatic rings. The minimum atomic E-state index is -1.02. The summed E-state index contributed by atoms with van der Waals surface area (Å²) in [5.74, 6) is -1.34. The average Bonchev–Trinajstić information content (AvgIpc) is 2.73. The summed E-state index contributed by atoms with van der Waals surface area (Å²) >= 11 is 0. The number of aliphatic hydroxyl groups excluding tert-OH is 2. The summed E-state index contributed by atoms with van der Waals surface area (Å²) in [5.41, 5.74) is -0.983. The number of H-pyrrole nitrogens is 1. The number of aromatic amines is 1. The van der Waals surface area contributed by atoms with Crippen molar-refractivity contribution in [1.29, 1.82) is 0 Å². The summed E-state index contributed by atoms with van der Waals surface area (Å²) in [6.45, 7) is 0.303. The minimum Gasteiger partial charge on any atom is -0.481 e. The zero-order chi connectivity index (χ0) is 22.8. The number of ether oxygens (including phenoxy) is 2. The first-order chi connectivity index (χ1) is 14.8. The van der Waals surface area contributed by atoms with Gasteiger partial charge in [-0.1, -0.05) is 0 Å². The van der Waals surface area contributed by atoms with Crippen LogP contribution in [0.2, 0.25) is 0 Å². The normalized spacial score (nSPS) is 21.0. The number of hydrogen-bond donors (Lipinski definition) is 5. The van der Waals surface area contributed by atoms with Crippen molar-refractivity contribution in [3.05, 3.63) is 32.6 Å². The molecule has 3 atom stereocenters. The Balaban J connectivity index is 1.78. The van der Waals surface area contributed by atoms with Gasteiger partial charge in [-0.2, -0.15) is 0 Å². The van der Waals surface area contributed by atoms with E-state index < -0.39 is 35.7 Å². The van der Waals surface area contributed by atoms with E-state index in [1.54, 1.807) is 0 Å². The zero-order valence-corrected chi connectivity index (χ0v) is 17.1. The van der Waals surface area contributed by atoms with Crippen LogP contribution in [0.25, 0.3) is 0 Å². The molecule has 12 nitrogen and oxygen atoms in total. The number of unbranched alkanes of at least 4 members (excludes halogenated alkanes) is 1. The fourth-order valence-corrected chi connectivity index (χ4v) is 3.12. The fourth-order valence-electron chi connectivity index (χ4n) is 3.12. The van der Waals surface area contributed by atoms with Gasteiger partial charge in [0, 0.05) is 25.8 Å². The van der Waals surface area contributed by atoms with E-state index in [4.69, 9.17) is 14.6 Å². The van der Waals surface area contributed by atoms with Gasteiger partial charge in [0.15, 0.2) is 0 Å². The van der Waals surface area contributed by atoms with Gasteiger partial charge in [0.05, 0.1) is 31.3 Å². The molecule has 1 aromatic rings. The van der Waals surface area contributed by atoms with Gasteiger partial charge >= 0.3 is 11.7 Å². The van der Waals surface area contributed by atoms with E-state index in [2.05, 4.69) is 10.3 Å². The van der Waals surface area contributed by atoms with Gasteiger partial charge in [-0.25, -0.2) is 4.79 Å². The quantitative estimate of drug-likeness (QED) is 0.249. The second-order valence-electron chi connectivity index (χ2n) is 7.28. The van der Waals surface area contributed by atoms with Crippen molar-refractivity contribution in [3.63, 3.8) is 0 Å². The smallest absolute Gasteiger partial charge is 0.330 e. The molecular weight excluding hydrogens is 414 g/mol. The van der Waals surface area contributed by atoms with Crippen LogP contribution < -0.4 is 16.6 Å². The second-order valence-corrected chi connectivity index (χ2v) is 7.28. The number of rotatable bonds is 12. The SMILES string of the molecule is O=C(O)CCC(=O)NCCCCOCc1cn(C2CCC(O)C(CO)O2)c(=O)[nH]c1=O. The van der Waals surface area contributed by atoms with Crippen molar-refractivity contribution in [2.45, 2.75) is 63.6 Å². The Bertz CT molecular complexity index is 851. The summed E-state index contributed by atoms with van der Waals surface area (Å²) in [4.78, 5) is 48.2. The number of aromatic nitrogens is 2. The summed E-state index contributed by atoms with van der Waals surface area (Å²) < 4.78 is 12.3. The summed E-state index contributed by atoms with van der Waals surface area (Å²) in [6.07, 6.45) is 0.683. The largest absolute Gasteiger partial charge is 0.481 e. The Morgan fingerprint density at radius 1 is 1.26 bits per heavy atom. The first kappa shape index (κ1) is 24.7. The van der Waals surface area contributed by atoms with Crippen molar-refractivity contribution < 1.29 is 34.4 Å². The van der Waals surface area contributed by atoms with E-state index in [1.165, 1.54) is 10.8 Å². The number of aliphatic hydroxyl groups is 2. The molecule has 1 aromatic heterocycles. The first-order valence-electron chi connectivity index (χ1n) is 10.2. The van der Waals surface area contributed by atoms with Gasteiger partial charge in [-0.15, -0.1) is 0 Å². The third-order valence-electron chi connectivity index (χ3n) is 4.86. The van der Waals surface area contributed by atoms with E-state index >= 15 is 0 Å². The van der Waals surface area contributed by atoms with E-state index in [0.717, 1.165) is 0 Å². The van der Waals surface area contributed by atoms with Gasteiger partial charge < -0.3 is 30.1 Å². The number of amides is 1. The van der Waals surface area contributed by atoms with Crippen LogP contribution in [0.3, 0.4) is 0 Å². The molecule has 2 rings (SSSR count). The molecule has 1 aliphatic heterocycles. The maximum absolute atomic E-state index is 12.1. The number of hydrogen-bond acceptors (Lipinski definition) is 8. The Kier molecular flexibility index (Phi) is 9.85. The highest BCUT2D eigenvalue weighted by Gasteiger charge is 2.31. The van der Waals surface area contributed by atoms with Crippen LogP contribution >= 0.6 is 0 Å². The monoisotopic (exact) mass is 443 g/mol. The maximum atomic E-state index is 12.1. The number of nitrogens with zero attached hydrogens (tertiary/aromatic N) is 1. The lowest BCUT2D eigenvalue weighted by Gasteiger charge is -2.33. The van der Waals surface area contributed by atoms with Crippen molar-refractivity contribution in [2.75, 3.05) is 19.8 Å². The van der Waals surface area contributed by atoms with Gasteiger partial charge in [0.1, 0.15) is 12.3 Å². The summed E-state index contributed by atoms with van der Waals surface area (Å²) in [7, 11) is 0. The standard InChI is InChI=1S/C19H29N3O9/c23-10-14-13(24)3-5-16(31-14)22-9-12(18(28)21-19(22)29)11-30-8-2-1-7-20-15(25)4-6-17(26)27/h9,13-14,16,23-24H,1-8,10-11H2,(H,20,25)(H,26,27)(H,21,28,29). The van der Waals surface area contributed by atoms with Crippen LogP contribution in [0.4, 0.5) is 0 Å². The van der Waals surface area contributed by atoms with Crippen LogP contribution in [-0.2, 0) is 25.7 Å². The predicted octanol–water partition coefficient (Wildman–Crippen LogP) is -1.15. The third kappa shape index (κ3) is 7.90. The lowest BCUT2D eigenvalue weighted by atomic mass is 10.0. The Morgan fingerprint density at radius 2 is 2.03 bits per heavy atom. The number of carboxylic acids is 1. The van der Waals surface area contributed by atoms with Crippen LogP contribution in [0, 0.1) is 0 Å². The van der Waals surface area contributed by atoms with Crippen LogP contribution in [0.5, 0.6) is 0 Å². The molecule has 0 radical (unpaired) electrons. The molecule has 0 aliphatic carbocycles. The molecule has 1 amide bonds. The van der Waals surface area contributed by atoms with E-state index in [1.807, 2.05) is 0 Å². The Hall–Kier alpha value is -2.54. The van der Waals surface area contributed by atoms with Crippen molar-refractivity contribution in [2.24, 2.45) is 0 Å². The highest BCUT2D eigenvalue weighted by atomic mass is 16.5. The zero-order valence-electron chi connectivity index (χ0n) is 17.1. The van der Waals surface area contributed by atoms with E-state index in [0.29, 0.717) is 38.8 Å². The Morgan fingerprint density at radius 3 is 2.74 bits per heavy atom. The van der Waals surface area contributed by atoms with Crippen LogP contribution in [0.1, 0.15) is 50.3 Å². The summed E-state index contributed by atoms with van der Waals surface area (Å²) in [6, 6.07) is 0. The van der Waals surface area contributed by atoms with E-state index in [9.17, 15) is 29.4 Å². The molecule has 5 N–H and O–H groups in total. The third-order valence-corrected chi connectivity index (χ3v) is 4.86. The van der Waals surface area contributed by atoms with Crippen LogP contribution in [-0.4, -0.2) is 68.7 Å². The molecule has 0 aromatic carbocycles. The Labute approximate surface area is 177 Å². The molecule has 3 unspecified atom stereocenters. The van der Waals surface area contributed by atoms with Gasteiger partial charge in [0.25, 0.3) is 5.56 Å². The van der Waals surface area contributed by atoms with Crippen molar-refractivity contribution in [1.82, 2.24) is 14.9 Å². The lowest BCUT2D eigenvalue weighted by molar-refractivity contribution is -0.160. The predicted molar refractivity (Wildman–Crippen MR) is 106 cm³/mol. The molecule has 0 saturated carbocycles. The molecule has 0 spiro atoms. The number of carboxylic acid groups (broad SMARTS) is 1. The minimum absolute atomic E-state index is 0.0284. The number of carbonyl (C=O) groups excluding carboxylic acids is 1. The molecular formula is C19H29N3O9. The first-order valence-corrected chi connectivity index (χ1v) is 10.2. The van der Waals surface area contributed by atoms with Gasteiger partial charge in [-0.3, -0.25) is 23.9 Å². The highest BCUT2D eigenvalue weighted by molar-refractivity contribution is 5.80. The highest BCUT2D eigenvalue weighted by Crippen LogP contribution is 2.25. The molecule has 1 saturated heterocycles. The molecule has 2 heterocycles. The van der Waals surface area contributed by atoms with Crippen molar-refractivity contribution in [3.8, 4) is 0 Å². The van der Waals surface area contributed by atoms with Gasteiger partial charge in [-0.05, 0) is 25.7 Å². The molecule has 174 valence electrons. The molecule has 31 heavy (non-hydrogen) atoms. The maximum Gasteiger partial charge on any atom is 0.330 e. The topological polar surface area (TPSA) is 180 Å². The van der Waals surface area contributed by atoms with Crippen molar-refractivity contribution >= 4 is 11.9 Å². The average molecular weight is 443 g/mol. The molecule has 12 heteroatoms. The number of nitrogens with one attached hydrogen (secondary N) is 2. The van der Waals surface area contributed by atoms with Gasteiger partial charge in [0.2, 0.25) is 5.91 Å². The second kappa shape index (κ2) is 12.3.